The molecule has 1 unspecified atom stereocenters. The van der Waals surface area contributed by atoms with Crippen molar-refractivity contribution in [1.29, 1.82) is 0 Å². The third-order valence-corrected chi connectivity index (χ3v) is 6.84. The lowest BCUT2D eigenvalue weighted by atomic mass is 9.90. The summed E-state index contributed by atoms with van der Waals surface area (Å²) >= 11 is 0. The molecule has 0 spiro atoms. The van der Waals surface area contributed by atoms with Crippen LogP contribution in [0.4, 0.5) is 9.18 Å². The van der Waals surface area contributed by atoms with Gasteiger partial charge in [-0.05, 0) is 52.3 Å². The van der Waals surface area contributed by atoms with Gasteiger partial charge >= 0.3 is 12.1 Å². The lowest BCUT2D eigenvalue weighted by Crippen LogP contribution is -2.51. The number of likely N-dealkylation sites (N-methyl/N-ethyl adjacent to an activating group) is 1. The highest BCUT2D eigenvalue weighted by Gasteiger charge is 2.52. The molecule has 0 saturated heterocycles. The molecule has 0 fully saturated rings. The van der Waals surface area contributed by atoms with Crippen molar-refractivity contribution in [1.82, 2.24) is 4.90 Å². The molecule has 5 nitrogen and oxygen atoms in total. The van der Waals surface area contributed by atoms with Gasteiger partial charge in [-0.3, -0.25) is 4.90 Å². The molecule has 1 N–H and O–H groups in total. The van der Waals surface area contributed by atoms with Gasteiger partial charge in [0, 0.05) is 13.0 Å². The van der Waals surface area contributed by atoms with Gasteiger partial charge in [-0.2, -0.15) is 0 Å². The number of carboxylic acids is 1. The smallest absolute Gasteiger partial charge is 0.410 e. The summed E-state index contributed by atoms with van der Waals surface area (Å²) in [5.41, 5.74) is 3.37. The van der Waals surface area contributed by atoms with Crippen LogP contribution in [-0.2, 0) is 21.5 Å². The maximum absolute atomic E-state index is 14.3. The fourth-order valence-corrected chi connectivity index (χ4v) is 5.20. The molecule has 2 aliphatic carbocycles. The Hall–Kier alpha value is -3.67. The van der Waals surface area contributed by atoms with E-state index in [9.17, 15) is 19.1 Å². The van der Waals surface area contributed by atoms with E-state index in [4.69, 9.17) is 4.74 Å². The first kappa shape index (κ1) is 20.2. The highest BCUT2D eigenvalue weighted by Crippen LogP contribution is 2.45. The molecule has 162 valence electrons. The van der Waals surface area contributed by atoms with Gasteiger partial charge in [0.25, 0.3) is 0 Å². The normalized spacial score (nSPS) is 18.6. The van der Waals surface area contributed by atoms with Gasteiger partial charge in [-0.15, -0.1) is 0 Å². The quantitative estimate of drug-likeness (QED) is 0.636. The number of rotatable bonds is 4. The summed E-state index contributed by atoms with van der Waals surface area (Å²) in [6, 6.07) is 20.4. The van der Waals surface area contributed by atoms with Crippen molar-refractivity contribution in [3.05, 3.63) is 94.8 Å². The number of carboxylic acid groups (broad SMARTS) is 1. The summed E-state index contributed by atoms with van der Waals surface area (Å²) in [6.45, 7) is 0.0862. The molecule has 32 heavy (non-hydrogen) atoms. The zero-order valence-corrected chi connectivity index (χ0v) is 17.5. The Labute approximate surface area is 185 Å². The number of hydrogen-bond donors (Lipinski definition) is 1. The van der Waals surface area contributed by atoms with Crippen LogP contribution in [0.1, 0.15) is 34.6 Å². The van der Waals surface area contributed by atoms with Crippen molar-refractivity contribution in [2.75, 3.05) is 13.7 Å². The highest BCUT2D eigenvalue weighted by atomic mass is 19.1. The number of halogens is 1. The van der Waals surface area contributed by atoms with Crippen LogP contribution in [-0.4, -0.2) is 35.7 Å². The van der Waals surface area contributed by atoms with Crippen LogP contribution in [0.5, 0.6) is 0 Å². The third kappa shape index (κ3) is 2.83. The van der Waals surface area contributed by atoms with E-state index in [1.54, 1.807) is 6.07 Å². The van der Waals surface area contributed by atoms with Crippen molar-refractivity contribution in [2.45, 2.75) is 24.3 Å². The molecular weight excluding hydrogens is 409 g/mol. The number of carbonyl (C=O) groups is 2. The van der Waals surface area contributed by atoms with E-state index >= 15 is 0 Å². The number of benzene rings is 3. The Balaban J connectivity index is 1.42. The van der Waals surface area contributed by atoms with Gasteiger partial charge < -0.3 is 9.84 Å². The molecule has 0 bridgehead atoms. The fourth-order valence-electron chi connectivity index (χ4n) is 5.20. The second-order valence-corrected chi connectivity index (χ2v) is 8.29. The summed E-state index contributed by atoms with van der Waals surface area (Å²) in [5, 5.41) is 10.1. The Kier molecular flexibility index (Phi) is 4.73. The minimum absolute atomic E-state index is 0.0862. The van der Waals surface area contributed by atoms with Crippen LogP contribution < -0.4 is 0 Å². The van der Waals surface area contributed by atoms with Crippen LogP contribution in [0.25, 0.3) is 11.1 Å². The number of fused-ring (bicyclic) bond motifs is 4. The van der Waals surface area contributed by atoms with Crippen molar-refractivity contribution in [3.8, 4) is 11.1 Å². The van der Waals surface area contributed by atoms with Crippen molar-refractivity contribution in [3.63, 3.8) is 0 Å². The molecule has 0 radical (unpaired) electrons. The third-order valence-electron chi connectivity index (χ3n) is 6.84. The van der Waals surface area contributed by atoms with Crippen LogP contribution in [0.2, 0.25) is 0 Å². The van der Waals surface area contributed by atoms with Gasteiger partial charge in [0.1, 0.15) is 12.4 Å². The van der Waals surface area contributed by atoms with E-state index in [2.05, 4.69) is 0 Å². The minimum Gasteiger partial charge on any atom is -0.479 e. The standard InChI is InChI=1S/C26H22FNO4/c1-28(26(24(29)30)14-13-20-22(26)11-6-12-23(20)27)25(31)32-15-21-18-9-4-2-7-16(18)17-8-3-5-10-19(17)21/h2-12,21H,13-15H2,1H3,(H,29,30). The summed E-state index contributed by atoms with van der Waals surface area (Å²) in [7, 11) is 1.41. The Bertz CT molecular complexity index is 1190. The van der Waals surface area contributed by atoms with E-state index in [1.807, 2.05) is 48.5 Å². The first-order valence-corrected chi connectivity index (χ1v) is 10.5. The van der Waals surface area contributed by atoms with Crippen LogP contribution in [0.3, 0.4) is 0 Å². The number of nitrogens with zero attached hydrogens (tertiary/aromatic N) is 1. The van der Waals surface area contributed by atoms with Crippen molar-refractivity contribution >= 4 is 12.1 Å². The van der Waals surface area contributed by atoms with E-state index < -0.39 is 23.4 Å². The topological polar surface area (TPSA) is 66.8 Å². The average Bonchev–Trinajstić information content (AvgIpc) is 3.35. The summed E-state index contributed by atoms with van der Waals surface area (Å²) in [4.78, 5) is 26.5. The van der Waals surface area contributed by atoms with E-state index in [1.165, 1.54) is 19.2 Å². The molecule has 5 rings (SSSR count). The minimum atomic E-state index is -1.65. The zero-order chi connectivity index (χ0) is 22.5. The molecule has 1 amide bonds. The highest BCUT2D eigenvalue weighted by molar-refractivity contribution is 5.87. The van der Waals surface area contributed by atoms with Crippen molar-refractivity contribution < 1.29 is 23.8 Å². The maximum atomic E-state index is 14.3. The van der Waals surface area contributed by atoms with Gasteiger partial charge in [0.2, 0.25) is 0 Å². The van der Waals surface area contributed by atoms with Crippen molar-refractivity contribution in [2.24, 2.45) is 0 Å². The molecule has 0 heterocycles. The number of carbonyl (C=O) groups excluding carboxylic acids is 1. The summed E-state index contributed by atoms with van der Waals surface area (Å²) in [5.74, 6) is -1.78. The molecule has 1 atom stereocenters. The zero-order valence-electron chi connectivity index (χ0n) is 17.5. The first-order chi connectivity index (χ1) is 15.4. The number of amides is 1. The summed E-state index contributed by atoms with van der Waals surface area (Å²) in [6.07, 6.45) is -0.402. The molecule has 0 aliphatic heterocycles. The molecular formula is C26H22FNO4. The van der Waals surface area contributed by atoms with E-state index in [-0.39, 0.29) is 25.4 Å². The SMILES string of the molecule is CN(C(=O)OCC1c2ccccc2-c2ccccc21)C1(C(=O)O)CCc2c(F)cccc21. The van der Waals surface area contributed by atoms with Gasteiger partial charge in [-0.25, -0.2) is 14.0 Å². The molecule has 2 aliphatic rings. The monoisotopic (exact) mass is 431 g/mol. The van der Waals surface area contributed by atoms with Gasteiger partial charge in [-0.1, -0.05) is 60.7 Å². The largest absolute Gasteiger partial charge is 0.479 e. The number of hydrogen-bond acceptors (Lipinski definition) is 3. The predicted octanol–water partition coefficient (Wildman–Crippen LogP) is 4.93. The molecule has 3 aromatic rings. The molecule has 0 aromatic heterocycles. The molecule has 3 aromatic carbocycles. The fraction of sp³-hybridized carbons (Fsp3) is 0.231. The lowest BCUT2D eigenvalue weighted by molar-refractivity contribution is -0.150. The maximum Gasteiger partial charge on any atom is 0.410 e. The molecule has 6 heteroatoms. The number of aliphatic carboxylic acids is 1. The van der Waals surface area contributed by atoms with E-state index in [0.717, 1.165) is 27.2 Å². The summed E-state index contributed by atoms with van der Waals surface area (Å²) < 4.78 is 19.9. The average molecular weight is 431 g/mol. The first-order valence-electron chi connectivity index (χ1n) is 10.5. The van der Waals surface area contributed by atoms with Gasteiger partial charge in [0.05, 0.1) is 0 Å². The molecule has 0 saturated carbocycles. The van der Waals surface area contributed by atoms with Crippen LogP contribution in [0.15, 0.2) is 66.7 Å². The van der Waals surface area contributed by atoms with Crippen LogP contribution in [0, 0.1) is 5.82 Å². The van der Waals surface area contributed by atoms with E-state index in [0.29, 0.717) is 11.1 Å². The second kappa shape index (κ2) is 7.48. The van der Waals surface area contributed by atoms with Gasteiger partial charge in [0.15, 0.2) is 5.54 Å². The Morgan fingerprint density at radius 1 is 1.03 bits per heavy atom. The lowest BCUT2D eigenvalue weighted by Gasteiger charge is -2.35. The predicted molar refractivity (Wildman–Crippen MR) is 117 cm³/mol. The second-order valence-electron chi connectivity index (χ2n) is 8.29. The Morgan fingerprint density at radius 3 is 2.28 bits per heavy atom. The Morgan fingerprint density at radius 2 is 1.66 bits per heavy atom. The van der Waals surface area contributed by atoms with Crippen LogP contribution >= 0.6 is 0 Å². The number of ether oxygens (including phenoxy) is 1.